The average molecular weight is 289 g/mol. The predicted molar refractivity (Wildman–Crippen MR) is 82.2 cm³/mol. The van der Waals surface area contributed by atoms with E-state index in [1.807, 2.05) is 31.2 Å². The Labute approximate surface area is 125 Å². The zero-order chi connectivity index (χ0) is 15.2. The molecule has 1 heterocycles. The van der Waals surface area contributed by atoms with Crippen LogP contribution in [-0.4, -0.2) is 23.3 Å². The second-order valence-electron chi connectivity index (χ2n) is 5.47. The molecule has 1 aromatic heterocycles. The van der Waals surface area contributed by atoms with Crippen molar-refractivity contribution in [2.75, 3.05) is 7.11 Å². The molecule has 21 heavy (non-hydrogen) atoms. The average Bonchev–Trinajstić information content (AvgIpc) is 2.96. The van der Waals surface area contributed by atoms with E-state index in [9.17, 15) is 0 Å². The SMILES string of the molecule is COc1ccccc1-c1noc(C(C)CCCC(C)N)n1. The first kappa shape index (κ1) is 15.5. The molecule has 1 aromatic carbocycles. The van der Waals surface area contributed by atoms with E-state index in [0.29, 0.717) is 11.7 Å². The number of ether oxygens (including phenoxy) is 1. The summed E-state index contributed by atoms with van der Waals surface area (Å²) in [7, 11) is 1.64. The minimum absolute atomic E-state index is 0.236. The van der Waals surface area contributed by atoms with Gasteiger partial charge in [0.05, 0.1) is 12.7 Å². The first-order valence-corrected chi connectivity index (χ1v) is 7.34. The highest BCUT2D eigenvalue weighted by molar-refractivity contribution is 5.63. The summed E-state index contributed by atoms with van der Waals surface area (Å²) >= 11 is 0. The third kappa shape index (κ3) is 4.04. The zero-order valence-corrected chi connectivity index (χ0v) is 12.9. The third-order valence-corrected chi connectivity index (χ3v) is 3.51. The van der Waals surface area contributed by atoms with Crippen molar-refractivity contribution in [2.24, 2.45) is 5.73 Å². The van der Waals surface area contributed by atoms with Crippen LogP contribution in [0, 0.1) is 0 Å². The first-order chi connectivity index (χ1) is 10.1. The van der Waals surface area contributed by atoms with Gasteiger partial charge in [-0.2, -0.15) is 4.98 Å². The van der Waals surface area contributed by atoms with Gasteiger partial charge in [0, 0.05) is 12.0 Å². The molecule has 0 radical (unpaired) electrons. The van der Waals surface area contributed by atoms with Gasteiger partial charge in [-0.25, -0.2) is 0 Å². The van der Waals surface area contributed by atoms with Gasteiger partial charge in [0.15, 0.2) is 0 Å². The number of hydrogen-bond donors (Lipinski definition) is 1. The second-order valence-corrected chi connectivity index (χ2v) is 5.47. The van der Waals surface area contributed by atoms with Crippen molar-refractivity contribution in [3.05, 3.63) is 30.2 Å². The second kappa shape index (κ2) is 7.22. The van der Waals surface area contributed by atoms with Crippen LogP contribution >= 0.6 is 0 Å². The predicted octanol–water partition coefficient (Wildman–Crippen LogP) is 3.37. The number of hydrogen-bond acceptors (Lipinski definition) is 5. The molecule has 2 N–H and O–H groups in total. The molecular weight excluding hydrogens is 266 g/mol. The Kier molecular flexibility index (Phi) is 5.33. The minimum Gasteiger partial charge on any atom is -0.496 e. The van der Waals surface area contributed by atoms with Gasteiger partial charge in [-0.1, -0.05) is 30.6 Å². The van der Waals surface area contributed by atoms with Crippen LogP contribution < -0.4 is 10.5 Å². The molecule has 0 fully saturated rings. The van der Waals surface area contributed by atoms with E-state index in [2.05, 4.69) is 17.1 Å². The summed E-state index contributed by atoms with van der Waals surface area (Å²) in [5.74, 6) is 2.22. The van der Waals surface area contributed by atoms with Crippen LogP contribution in [0.1, 0.15) is 44.9 Å². The standard InChI is InChI=1S/C16H23N3O2/c1-11(7-6-8-12(2)17)16-18-15(19-21-16)13-9-4-5-10-14(13)20-3/h4-5,9-12H,6-8,17H2,1-3H3. The summed E-state index contributed by atoms with van der Waals surface area (Å²) in [6, 6.07) is 7.90. The Morgan fingerprint density at radius 2 is 2.00 bits per heavy atom. The van der Waals surface area contributed by atoms with Crippen molar-refractivity contribution in [3.8, 4) is 17.1 Å². The molecule has 2 rings (SSSR count). The molecule has 0 saturated heterocycles. The maximum atomic E-state index is 5.76. The smallest absolute Gasteiger partial charge is 0.229 e. The van der Waals surface area contributed by atoms with Crippen molar-refractivity contribution in [1.82, 2.24) is 10.1 Å². The molecular formula is C16H23N3O2. The number of nitrogens with zero attached hydrogens (tertiary/aromatic N) is 2. The van der Waals surface area contributed by atoms with Gasteiger partial charge >= 0.3 is 0 Å². The van der Waals surface area contributed by atoms with Crippen LogP contribution in [0.15, 0.2) is 28.8 Å². The van der Waals surface area contributed by atoms with Gasteiger partial charge in [-0.3, -0.25) is 0 Å². The molecule has 2 aromatic rings. The lowest BCUT2D eigenvalue weighted by atomic mass is 10.0. The van der Waals surface area contributed by atoms with Gasteiger partial charge in [0.25, 0.3) is 0 Å². The first-order valence-electron chi connectivity index (χ1n) is 7.34. The van der Waals surface area contributed by atoms with Crippen LogP contribution in [-0.2, 0) is 0 Å². The summed E-state index contributed by atoms with van der Waals surface area (Å²) in [6.45, 7) is 4.12. The van der Waals surface area contributed by atoms with Crippen molar-refractivity contribution >= 4 is 0 Å². The lowest BCUT2D eigenvalue weighted by molar-refractivity contribution is 0.349. The topological polar surface area (TPSA) is 74.2 Å². The molecule has 0 bridgehead atoms. The molecule has 0 aliphatic carbocycles. The van der Waals surface area contributed by atoms with Crippen LogP contribution in [0.5, 0.6) is 5.75 Å². The Balaban J connectivity index is 2.07. The largest absolute Gasteiger partial charge is 0.496 e. The summed E-state index contributed by atoms with van der Waals surface area (Å²) < 4.78 is 10.7. The number of methoxy groups -OCH3 is 1. The van der Waals surface area contributed by atoms with E-state index in [1.165, 1.54) is 0 Å². The maximum absolute atomic E-state index is 5.76. The molecule has 114 valence electrons. The summed E-state index contributed by atoms with van der Waals surface area (Å²) in [4.78, 5) is 4.50. The van der Waals surface area contributed by atoms with E-state index in [4.69, 9.17) is 15.0 Å². The third-order valence-electron chi connectivity index (χ3n) is 3.51. The van der Waals surface area contributed by atoms with Crippen molar-refractivity contribution in [1.29, 1.82) is 0 Å². The number of nitrogens with two attached hydrogens (primary N) is 1. The van der Waals surface area contributed by atoms with Gasteiger partial charge in [-0.05, 0) is 31.9 Å². The van der Waals surface area contributed by atoms with E-state index in [-0.39, 0.29) is 12.0 Å². The van der Waals surface area contributed by atoms with Gasteiger partial charge in [0.1, 0.15) is 5.75 Å². The van der Waals surface area contributed by atoms with Crippen molar-refractivity contribution < 1.29 is 9.26 Å². The highest BCUT2D eigenvalue weighted by Crippen LogP contribution is 2.29. The maximum Gasteiger partial charge on any atom is 0.229 e. The zero-order valence-electron chi connectivity index (χ0n) is 12.9. The minimum atomic E-state index is 0.236. The van der Waals surface area contributed by atoms with Gasteiger partial charge in [0.2, 0.25) is 11.7 Å². The van der Waals surface area contributed by atoms with E-state index >= 15 is 0 Å². The fourth-order valence-electron chi connectivity index (χ4n) is 2.24. The molecule has 0 amide bonds. The molecule has 0 aliphatic heterocycles. The Morgan fingerprint density at radius 3 is 2.71 bits per heavy atom. The van der Waals surface area contributed by atoms with Crippen molar-refractivity contribution in [3.63, 3.8) is 0 Å². The van der Waals surface area contributed by atoms with Crippen molar-refractivity contribution in [2.45, 2.75) is 45.1 Å². The van der Waals surface area contributed by atoms with E-state index < -0.39 is 0 Å². The number of para-hydroxylation sites is 1. The molecule has 5 heteroatoms. The van der Waals surface area contributed by atoms with Crippen LogP contribution in [0.2, 0.25) is 0 Å². The number of aromatic nitrogens is 2. The summed E-state index contributed by atoms with van der Waals surface area (Å²) in [6.07, 6.45) is 3.07. The number of rotatable bonds is 7. The number of benzene rings is 1. The fourth-order valence-corrected chi connectivity index (χ4v) is 2.24. The Morgan fingerprint density at radius 1 is 1.24 bits per heavy atom. The van der Waals surface area contributed by atoms with Gasteiger partial charge in [-0.15, -0.1) is 0 Å². The molecule has 0 spiro atoms. The molecule has 2 unspecified atom stereocenters. The lowest BCUT2D eigenvalue weighted by Gasteiger charge is -2.07. The molecule has 0 aliphatic rings. The van der Waals surface area contributed by atoms with Crippen LogP contribution in [0.3, 0.4) is 0 Å². The van der Waals surface area contributed by atoms with Gasteiger partial charge < -0.3 is 15.0 Å². The highest BCUT2D eigenvalue weighted by Gasteiger charge is 2.17. The normalized spacial score (nSPS) is 13.9. The Hall–Kier alpha value is -1.88. The quantitative estimate of drug-likeness (QED) is 0.846. The summed E-state index contributed by atoms with van der Waals surface area (Å²) in [5.41, 5.74) is 6.61. The Bertz CT molecular complexity index is 566. The highest BCUT2D eigenvalue weighted by atomic mass is 16.5. The fraction of sp³-hybridized carbons (Fsp3) is 0.500. The molecule has 2 atom stereocenters. The summed E-state index contributed by atoms with van der Waals surface area (Å²) in [5, 5.41) is 4.07. The molecule has 0 saturated carbocycles. The van der Waals surface area contributed by atoms with Crippen LogP contribution in [0.25, 0.3) is 11.4 Å². The molecule has 5 nitrogen and oxygen atoms in total. The van der Waals surface area contributed by atoms with Crippen LogP contribution in [0.4, 0.5) is 0 Å². The lowest BCUT2D eigenvalue weighted by Crippen LogP contribution is -2.14. The van der Waals surface area contributed by atoms with E-state index in [0.717, 1.165) is 30.6 Å². The van der Waals surface area contributed by atoms with E-state index in [1.54, 1.807) is 7.11 Å². The monoisotopic (exact) mass is 289 g/mol.